The van der Waals surface area contributed by atoms with Crippen LogP contribution in [0.4, 0.5) is 5.95 Å². The maximum Gasteiger partial charge on any atom is 0.274 e. The molecule has 0 atom stereocenters. The fourth-order valence-corrected chi connectivity index (χ4v) is 4.61. The van der Waals surface area contributed by atoms with Crippen LogP contribution in [0.1, 0.15) is 10.5 Å². The molecule has 9 nitrogen and oxygen atoms in total. The van der Waals surface area contributed by atoms with E-state index in [0.717, 1.165) is 5.52 Å². The molecule has 1 fully saturated rings. The van der Waals surface area contributed by atoms with Crippen molar-refractivity contribution in [3.63, 3.8) is 0 Å². The SMILES string of the molecule is Cn1c(NC(=O)c2cc(S(=O)(=O)N3CCOCC3)c[nH]2)nc2cc(Cl)ccc21. The number of hydrogen-bond donors (Lipinski definition) is 2. The van der Waals surface area contributed by atoms with Crippen LogP contribution in [0.25, 0.3) is 11.0 Å². The van der Waals surface area contributed by atoms with Gasteiger partial charge in [-0.15, -0.1) is 0 Å². The second-order valence-electron chi connectivity index (χ2n) is 6.35. The molecule has 3 heterocycles. The number of benzene rings is 1. The summed E-state index contributed by atoms with van der Waals surface area (Å²) in [4.78, 5) is 19.7. The highest BCUT2D eigenvalue weighted by molar-refractivity contribution is 7.89. The van der Waals surface area contributed by atoms with Crippen molar-refractivity contribution >= 4 is 44.5 Å². The van der Waals surface area contributed by atoms with Crippen LogP contribution in [0, 0.1) is 0 Å². The molecule has 1 amide bonds. The van der Waals surface area contributed by atoms with Crippen molar-refractivity contribution in [1.82, 2.24) is 18.8 Å². The van der Waals surface area contributed by atoms with Crippen LogP contribution in [0.2, 0.25) is 5.02 Å². The molecule has 4 rings (SSSR count). The third kappa shape index (κ3) is 3.39. The molecular formula is C17H18ClN5O4S. The maximum absolute atomic E-state index is 12.7. The van der Waals surface area contributed by atoms with Crippen molar-refractivity contribution in [3.05, 3.63) is 41.2 Å². The number of rotatable bonds is 4. The van der Waals surface area contributed by atoms with E-state index in [1.54, 1.807) is 23.7 Å². The molecule has 0 spiro atoms. The molecule has 1 aliphatic rings. The number of halogens is 1. The van der Waals surface area contributed by atoms with Gasteiger partial charge in [-0.05, 0) is 24.3 Å². The van der Waals surface area contributed by atoms with Crippen LogP contribution in [-0.4, -0.2) is 59.5 Å². The monoisotopic (exact) mass is 423 g/mol. The van der Waals surface area contributed by atoms with Crippen LogP contribution >= 0.6 is 11.6 Å². The van der Waals surface area contributed by atoms with Crippen LogP contribution in [0.5, 0.6) is 0 Å². The van der Waals surface area contributed by atoms with Crippen molar-refractivity contribution < 1.29 is 17.9 Å². The summed E-state index contributed by atoms with van der Waals surface area (Å²) in [6.07, 6.45) is 1.31. The summed E-state index contributed by atoms with van der Waals surface area (Å²) < 4.78 is 33.6. The van der Waals surface area contributed by atoms with Crippen molar-refractivity contribution in [2.75, 3.05) is 31.6 Å². The van der Waals surface area contributed by atoms with Crippen molar-refractivity contribution in [2.24, 2.45) is 7.05 Å². The number of morpholine rings is 1. The first kappa shape index (κ1) is 18.9. The van der Waals surface area contributed by atoms with Gasteiger partial charge in [0.2, 0.25) is 16.0 Å². The molecule has 0 radical (unpaired) electrons. The zero-order valence-corrected chi connectivity index (χ0v) is 16.5. The molecule has 1 aliphatic heterocycles. The highest BCUT2D eigenvalue weighted by Gasteiger charge is 2.28. The second kappa shape index (κ2) is 7.21. The van der Waals surface area contributed by atoms with Crippen molar-refractivity contribution in [2.45, 2.75) is 4.90 Å². The summed E-state index contributed by atoms with van der Waals surface area (Å²) in [5.74, 6) is -0.164. The Bertz CT molecular complexity index is 1150. The minimum absolute atomic E-state index is 0.0383. The number of amides is 1. The Kier molecular flexibility index (Phi) is 4.88. The number of anilines is 1. The summed E-state index contributed by atoms with van der Waals surface area (Å²) in [6.45, 7) is 1.29. The van der Waals surface area contributed by atoms with Crippen molar-refractivity contribution in [1.29, 1.82) is 0 Å². The number of H-pyrrole nitrogens is 1. The quantitative estimate of drug-likeness (QED) is 0.665. The van der Waals surface area contributed by atoms with E-state index in [9.17, 15) is 13.2 Å². The third-order valence-electron chi connectivity index (χ3n) is 4.58. The molecule has 0 unspecified atom stereocenters. The van der Waals surface area contributed by atoms with Crippen LogP contribution in [0.3, 0.4) is 0 Å². The van der Waals surface area contributed by atoms with E-state index >= 15 is 0 Å². The zero-order chi connectivity index (χ0) is 19.9. The number of nitrogens with zero attached hydrogens (tertiary/aromatic N) is 3. The van der Waals surface area contributed by atoms with E-state index in [-0.39, 0.29) is 23.7 Å². The van der Waals surface area contributed by atoms with Gasteiger partial charge in [-0.2, -0.15) is 4.31 Å². The maximum atomic E-state index is 12.7. The van der Waals surface area contributed by atoms with Gasteiger partial charge >= 0.3 is 0 Å². The van der Waals surface area contributed by atoms with E-state index in [2.05, 4.69) is 15.3 Å². The van der Waals surface area contributed by atoms with Gasteiger partial charge in [-0.1, -0.05) is 11.6 Å². The van der Waals surface area contributed by atoms with Gasteiger partial charge < -0.3 is 14.3 Å². The first-order chi connectivity index (χ1) is 13.4. The predicted molar refractivity (Wildman–Crippen MR) is 104 cm³/mol. The molecule has 2 aromatic heterocycles. The number of fused-ring (bicyclic) bond motifs is 1. The summed E-state index contributed by atoms with van der Waals surface area (Å²) in [5.41, 5.74) is 1.58. The van der Waals surface area contributed by atoms with E-state index < -0.39 is 15.9 Å². The molecule has 1 aromatic carbocycles. The molecule has 3 aromatic rings. The number of sulfonamides is 1. The molecule has 0 saturated carbocycles. The molecule has 0 bridgehead atoms. The molecule has 0 aliphatic carbocycles. The summed E-state index contributed by atoms with van der Waals surface area (Å²) >= 11 is 5.98. The summed E-state index contributed by atoms with van der Waals surface area (Å²) in [6, 6.07) is 6.57. The fraction of sp³-hybridized carbons (Fsp3) is 0.294. The number of imidazole rings is 1. The molecule has 11 heteroatoms. The Morgan fingerprint density at radius 3 is 2.79 bits per heavy atom. The number of nitrogens with one attached hydrogen (secondary N) is 2. The highest BCUT2D eigenvalue weighted by atomic mass is 35.5. The van der Waals surface area contributed by atoms with Gasteiger partial charge in [0.15, 0.2) is 0 Å². The number of aryl methyl sites for hydroxylation is 1. The lowest BCUT2D eigenvalue weighted by Crippen LogP contribution is -2.40. The lowest BCUT2D eigenvalue weighted by molar-refractivity contribution is 0.0730. The predicted octanol–water partition coefficient (Wildman–Crippen LogP) is 1.83. The highest BCUT2D eigenvalue weighted by Crippen LogP contribution is 2.23. The summed E-state index contributed by atoms with van der Waals surface area (Å²) in [7, 11) is -1.91. The van der Waals surface area contributed by atoms with Gasteiger partial charge in [0.1, 0.15) is 10.6 Å². The van der Waals surface area contributed by atoms with Gasteiger partial charge in [0.25, 0.3) is 5.91 Å². The average Bonchev–Trinajstić information content (AvgIpc) is 3.29. The lowest BCUT2D eigenvalue weighted by Gasteiger charge is -2.25. The Labute approximate surface area is 166 Å². The van der Waals surface area contributed by atoms with Crippen LogP contribution in [0.15, 0.2) is 35.4 Å². The lowest BCUT2D eigenvalue weighted by atomic mass is 10.3. The van der Waals surface area contributed by atoms with Crippen LogP contribution in [-0.2, 0) is 21.8 Å². The number of carbonyl (C=O) groups excluding carboxylic acids is 1. The standard InChI is InChI=1S/C17H18ClN5O4S/c1-22-15-3-2-11(18)8-13(15)20-17(22)21-16(24)14-9-12(10-19-14)28(25,26)23-4-6-27-7-5-23/h2-3,8-10,19H,4-7H2,1H3,(H,20,21,24). The fourth-order valence-electron chi connectivity index (χ4n) is 3.04. The van der Waals surface area contributed by atoms with Crippen molar-refractivity contribution in [3.8, 4) is 0 Å². The number of aromatic nitrogens is 3. The van der Waals surface area contributed by atoms with E-state index in [4.69, 9.17) is 16.3 Å². The normalized spacial score (nSPS) is 15.8. The van der Waals surface area contributed by atoms with Gasteiger partial charge in [0, 0.05) is 31.4 Å². The minimum atomic E-state index is -3.67. The molecule has 148 valence electrons. The Balaban J connectivity index is 1.56. The Morgan fingerprint density at radius 1 is 1.29 bits per heavy atom. The second-order valence-corrected chi connectivity index (χ2v) is 8.72. The number of carbonyl (C=O) groups is 1. The molecule has 2 N–H and O–H groups in total. The average molecular weight is 424 g/mol. The number of aromatic amines is 1. The topological polar surface area (TPSA) is 109 Å². The smallest absolute Gasteiger partial charge is 0.274 e. The number of ether oxygens (including phenoxy) is 1. The Morgan fingerprint density at radius 2 is 2.04 bits per heavy atom. The Hall–Kier alpha value is -2.40. The molecule has 28 heavy (non-hydrogen) atoms. The van der Waals surface area contributed by atoms with Crippen LogP contribution < -0.4 is 5.32 Å². The van der Waals surface area contributed by atoms with Gasteiger partial charge in [-0.3, -0.25) is 10.1 Å². The first-order valence-electron chi connectivity index (χ1n) is 8.56. The zero-order valence-electron chi connectivity index (χ0n) is 15.0. The van der Waals surface area contributed by atoms with Gasteiger partial charge in [-0.25, -0.2) is 13.4 Å². The number of hydrogen-bond acceptors (Lipinski definition) is 5. The third-order valence-corrected chi connectivity index (χ3v) is 6.69. The van der Waals surface area contributed by atoms with E-state index in [1.807, 2.05) is 6.07 Å². The minimum Gasteiger partial charge on any atom is -0.379 e. The molecular weight excluding hydrogens is 406 g/mol. The molecule has 1 saturated heterocycles. The summed E-state index contributed by atoms with van der Waals surface area (Å²) in [5, 5.41) is 3.24. The van der Waals surface area contributed by atoms with E-state index in [1.165, 1.54) is 16.6 Å². The van der Waals surface area contributed by atoms with E-state index in [0.29, 0.717) is 29.7 Å². The first-order valence-corrected chi connectivity index (χ1v) is 10.4. The van der Waals surface area contributed by atoms with Gasteiger partial charge in [0.05, 0.1) is 24.2 Å². The largest absolute Gasteiger partial charge is 0.379 e.